The normalized spacial score (nSPS) is 16.0. The van der Waals surface area contributed by atoms with E-state index >= 15 is 0 Å². The molecule has 1 aromatic rings. The van der Waals surface area contributed by atoms with Crippen molar-refractivity contribution in [2.75, 3.05) is 18.1 Å². The molecule has 0 spiro atoms. The topological polar surface area (TPSA) is 118 Å². The summed E-state index contributed by atoms with van der Waals surface area (Å²) in [5.74, 6) is 1.59. The third kappa shape index (κ3) is 5.19. The fraction of sp³-hybridized carbons (Fsp3) is 0.462. The van der Waals surface area contributed by atoms with Crippen LogP contribution in [-0.4, -0.2) is 43.3 Å². The Labute approximate surface area is 138 Å². The largest absolute Gasteiger partial charge is 0.352 e. The number of nitro groups is 1. The second-order valence-electron chi connectivity index (χ2n) is 5.03. The van der Waals surface area contributed by atoms with E-state index in [0.717, 1.165) is 48.6 Å². The van der Waals surface area contributed by atoms with Gasteiger partial charge in [0.2, 0.25) is 15.9 Å². The number of nitrogens with one attached hydrogen (secondary N) is 2. The number of carbonyl (C=O) groups excluding carboxylic acids is 1. The Bertz CT molecular complexity index is 669. The van der Waals surface area contributed by atoms with Crippen molar-refractivity contribution in [3.8, 4) is 0 Å². The summed E-state index contributed by atoms with van der Waals surface area (Å²) < 4.78 is 26.3. The summed E-state index contributed by atoms with van der Waals surface area (Å²) in [5, 5.41) is 13.4. The molecule has 23 heavy (non-hydrogen) atoms. The molecule has 0 bridgehead atoms. The average molecular weight is 359 g/mol. The van der Waals surface area contributed by atoms with Crippen molar-refractivity contribution in [2.24, 2.45) is 0 Å². The number of hydrogen-bond acceptors (Lipinski definition) is 6. The summed E-state index contributed by atoms with van der Waals surface area (Å²) >= 11 is 1.83. The van der Waals surface area contributed by atoms with Crippen molar-refractivity contribution in [3.05, 3.63) is 34.4 Å². The Kier molecular flexibility index (Phi) is 5.97. The molecule has 1 fully saturated rings. The molecule has 1 amide bonds. The van der Waals surface area contributed by atoms with Gasteiger partial charge >= 0.3 is 0 Å². The minimum atomic E-state index is -3.88. The van der Waals surface area contributed by atoms with Crippen LogP contribution in [0.4, 0.5) is 5.69 Å². The Morgan fingerprint density at radius 1 is 1.26 bits per heavy atom. The molecular weight excluding hydrogens is 342 g/mol. The lowest BCUT2D eigenvalue weighted by Crippen LogP contribution is -2.43. The molecule has 2 rings (SSSR count). The first-order chi connectivity index (χ1) is 10.9. The van der Waals surface area contributed by atoms with Crippen LogP contribution in [0.15, 0.2) is 29.2 Å². The summed E-state index contributed by atoms with van der Waals surface area (Å²) in [4.78, 5) is 21.6. The van der Waals surface area contributed by atoms with Crippen LogP contribution < -0.4 is 10.0 Å². The molecule has 1 saturated heterocycles. The number of thioether (sulfide) groups is 1. The second-order valence-corrected chi connectivity index (χ2v) is 8.02. The predicted molar refractivity (Wildman–Crippen MR) is 86.8 cm³/mol. The quantitative estimate of drug-likeness (QED) is 0.575. The van der Waals surface area contributed by atoms with Crippen molar-refractivity contribution < 1.29 is 18.1 Å². The van der Waals surface area contributed by atoms with Crippen molar-refractivity contribution in [3.63, 3.8) is 0 Å². The lowest BCUT2D eigenvalue weighted by Gasteiger charge is -2.22. The average Bonchev–Trinajstić information content (AvgIpc) is 2.54. The van der Waals surface area contributed by atoms with Gasteiger partial charge in [-0.1, -0.05) is 0 Å². The van der Waals surface area contributed by atoms with Gasteiger partial charge in [-0.15, -0.1) is 0 Å². The maximum Gasteiger partial charge on any atom is 0.269 e. The van der Waals surface area contributed by atoms with Gasteiger partial charge in [-0.3, -0.25) is 14.9 Å². The molecule has 0 saturated carbocycles. The monoisotopic (exact) mass is 359 g/mol. The van der Waals surface area contributed by atoms with Gasteiger partial charge in [-0.2, -0.15) is 11.8 Å². The zero-order valence-corrected chi connectivity index (χ0v) is 13.9. The SMILES string of the molecule is O=C(CNS(=O)(=O)c1ccc([N+](=O)[O-])cc1)NC1CCSCC1. The van der Waals surface area contributed by atoms with Crippen LogP contribution in [0.3, 0.4) is 0 Å². The maximum absolute atomic E-state index is 12.0. The Balaban J connectivity index is 1.90. The molecular formula is C13H17N3O5S2. The number of carbonyl (C=O) groups is 1. The van der Waals surface area contributed by atoms with Crippen molar-refractivity contribution >= 4 is 33.4 Å². The van der Waals surface area contributed by atoms with Crippen LogP contribution in [0, 0.1) is 10.1 Å². The number of sulfonamides is 1. The van der Waals surface area contributed by atoms with E-state index in [0.29, 0.717) is 0 Å². The number of nitro benzene ring substituents is 1. The molecule has 126 valence electrons. The number of amides is 1. The fourth-order valence-corrected chi connectivity index (χ4v) is 4.20. The smallest absolute Gasteiger partial charge is 0.269 e. The summed E-state index contributed by atoms with van der Waals surface area (Å²) in [7, 11) is -3.88. The number of benzene rings is 1. The minimum absolute atomic E-state index is 0.0904. The summed E-state index contributed by atoms with van der Waals surface area (Å²) in [6.07, 6.45) is 1.76. The first kappa shape index (κ1) is 17.7. The minimum Gasteiger partial charge on any atom is -0.352 e. The van der Waals surface area contributed by atoms with Gasteiger partial charge in [0.15, 0.2) is 0 Å². The van der Waals surface area contributed by atoms with Gasteiger partial charge in [0.1, 0.15) is 0 Å². The standard InChI is InChI=1S/C13H17N3O5S2/c17-13(15-10-5-7-22-8-6-10)9-14-23(20,21)12-3-1-11(2-4-12)16(18)19/h1-4,10,14H,5-9H2,(H,15,17). The van der Waals surface area contributed by atoms with E-state index in [2.05, 4.69) is 10.0 Å². The van der Waals surface area contributed by atoms with Crippen molar-refractivity contribution in [2.45, 2.75) is 23.8 Å². The number of non-ortho nitro benzene ring substituents is 1. The highest BCUT2D eigenvalue weighted by atomic mass is 32.2. The van der Waals surface area contributed by atoms with Crippen LogP contribution >= 0.6 is 11.8 Å². The molecule has 1 aliphatic heterocycles. The van der Waals surface area contributed by atoms with Crippen molar-refractivity contribution in [1.29, 1.82) is 0 Å². The lowest BCUT2D eigenvalue weighted by molar-refractivity contribution is -0.384. The van der Waals surface area contributed by atoms with Crippen LogP contribution in [0.1, 0.15) is 12.8 Å². The van der Waals surface area contributed by atoms with Gasteiger partial charge in [-0.25, -0.2) is 13.1 Å². The van der Waals surface area contributed by atoms with Crippen LogP contribution in [-0.2, 0) is 14.8 Å². The van der Waals surface area contributed by atoms with Gasteiger partial charge < -0.3 is 5.32 Å². The Morgan fingerprint density at radius 2 is 1.87 bits per heavy atom. The van der Waals surface area contributed by atoms with Gasteiger partial charge in [0, 0.05) is 18.2 Å². The maximum atomic E-state index is 12.0. The van der Waals surface area contributed by atoms with E-state index < -0.39 is 14.9 Å². The predicted octanol–water partition coefficient (Wildman–Crippen LogP) is 0.885. The summed E-state index contributed by atoms with van der Waals surface area (Å²) in [5.41, 5.74) is -0.197. The summed E-state index contributed by atoms with van der Waals surface area (Å²) in [6.45, 7) is -0.358. The van der Waals surface area contributed by atoms with Gasteiger partial charge in [0.25, 0.3) is 5.69 Å². The lowest BCUT2D eigenvalue weighted by atomic mass is 10.1. The summed E-state index contributed by atoms with van der Waals surface area (Å²) in [6, 6.07) is 4.57. The molecule has 1 heterocycles. The highest BCUT2D eigenvalue weighted by molar-refractivity contribution is 7.99. The van der Waals surface area contributed by atoms with Gasteiger partial charge in [0.05, 0.1) is 16.4 Å². The third-order valence-corrected chi connectivity index (χ3v) is 5.83. The van der Waals surface area contributed by atoms with E-state index in [1.54, 1.807) is 0 Å². The molecule has 8 nitrogen and oxygen atoms in total. The molecule has 0 unspecified atom stereocenters. The fourth-order valence-electron chi connectivity index (χ4n) is 2.11. The number of rotatable bonds is 6. The highest BCUT2D eigenvalue weighted by Crippen LogP contribution is 2.17. The van der Waals surface area contributed by atoms with E-state index in [1.165, 1.54) is 0 Å². The number of nitrogens with zero attached hydrogens (tertiary/aromatic N) is 1. The second kappa shape index (κ2) is 7.75. The molecule has 10 heteroatoms. The van der Waals surface area contributed by atoms with Crippen LogP contribution in [0.5, 0.6) is 0 Å². The number of hydrogen-bond donors (Lipinski definition) is 2. The first-order valence-electron chi connectivity index (χ1n) is 7.00. The molecule has 0 atom stereocenters. The van der Waals surface area contributed by atoms with E-state index in [-0.39, 0.29) is 29.1 Å². The molecule has 1 aromatic carbocycles. The molecule has 0 aromatic heterocycles. The molecule has 1 aliphatic rings. The zero-order chi connectivity index (χ0) is 16.9. The first-order valence-corrected chi connectivity index (χ1v) is 9.63. The van der Waals surface area contributed by atoms with E-state index in [4.69, 9.17) is 0 Å². The highest BCUT2D eigenvalue weighted by Gasteiger charge is 2.19. The van der Waals surface area contributed by atoms with E-state index in [9.17, 15) is 23.3 Å². The van der Waals surface area contributed by atoms with Crippen LogP contribution in [0.25, 0.3) is 0 Å². The molecule has 2 N–H and O–H groups in total. The van der Waals surface area contributed by atoms with Gasteiger partial charge in [-0.05, 0) is 36.5 Å². The Hall–Kier alpha value is -1.65. The Morgan fingerprint density at radius 3 is 2.43 bits per heavy atom. The molecule has 0 radical (unpaired) electrons. The molecule has 0 aliphatic carbocycles. The van der Waals surface area contributed by atoms with Crippen LogP contribution in [0.2, 0.25) is 0 Å². The van der Waals surface area contributed by atoms with E-state index in [1.807, 2.05) is 11.8 Å². The van der Waals surface area contributed by atoms with Crippen molar-refractivity contribution in [1.82, 2.24) is 10.0 Å². The zero-order valence-electron chi connectivity index (χ0n) is 12.2. The third-order valence-electron chi connectivity index (χ3n) is 3.37.